The highest BCUT2D eigenvalue weighted by Gasteiger charge is 2.52. The van der Waals surface area contributed by atoms with Gasteiger partial charge in [-0.2, -0.15) is 0 Å². The van der Waals surface area contributed by atoms with Gasteiger partial charge in [-0.25, -0.2) is 0 Å². The summed E-state index contributed by atoms with van der Waals surface area (Å²) in [6.45, 7) is 3.31. The van der Waals surface area contributed by atoms with Crippen LogP contribution in [0, 0.1) is 5.92 Å². The summed E-state index contributed by atoms with van der Waals surface area (Å²) < 4.78 is 5.98. The molecule has 0 bridgehead atoms. The minimum atomic E-state index is -2.52. The first kappa shape index (κ1) is 21.6. The maximum atomic E-state index is 11.8. The normalized spacial score (nSPS) is 16.2. The highest BCUT2D eigenvalue weighted by Crippen LogP contribution is 2.81. The molecule has 0 aromatic heterocycles. The number of carboxylic acids is 2. The molecule has 21 heavy (non-hydrogen) atoms. The Morgan fingerprint density at radius 3 is 1.95 bits per heavy atom. The maximum absolute atomic E-state index is 11.8. The fourth-order valence-electron chi connectivity index (χ4n) is 1.84. The Balaban J connectivity index is 5.76. The molecule has 0 radical (unpaired) electrons. The molecule has 0 aliphatic carbocycles. The van der Waals surface area contributed by atoms with E-state index in [-0.39, 0.29) is 12.8 Å². The molecule has 124 valence electrons. The lowest BCUT2D eigenvalue weighted by Crippen LogP contribution is -2.45. The molecule has 0 spiro atoms. The van der Waals surface area contributed by atoms with E-state index in [9.17, 15) is 19.8 Å². The fraction of sp³-hybridized carbons (Fsp3) is 0.800. The molecule has 0 saturated heterocycles. The van der Waals surface area contributed by atoms with E-state index in [2.05, 4.69) is 0 Å². The third-order valence-electron chi connectivity index (χ3n) is 2.76. The summed E-state index contributed by atoms with van der Waals surface area (Å²) in [6, 6.07) is 0. The lowest BCUT2D eigenvalue weighted by atomic mass is 9.87. The molecule has 0 saturated carbocycles. The van der Waals surface area contributed by atoms with E-state index in [1.165, 1.54) is 14.2 Å². The van der Waals surface area contributed by atoms with Gasteiger partial charge in [-0.15, -0.1) is 0 Å². The molecule has 0 heterocycles. The number of carboxylic acid groups (broad SMARTS) is 2. The van der Waals surface area contributed by atoms with Crippen molar-refractivity contribution in [2.75, 3.05) is 14.2 Å². The smallest absolute Gasteiger partial charge is 0.321 e. The van der Waals surface area contributed by atoms with Crippen LogP contribution in [-0.2, 0) is 29.8 Å². The van der Waals surface area contributed by atoms with Crippen molar-refractivity contribution < 1.29 is 28.2 Å². The lowest BCUT2D eigenvalue weighted by molar-refractivity contribution is -0.151. The molecule has 2 unspecified atom stereocenters. The van der Waals surface area contributed by atoms with Crippen LogP contribution < -0.4 is 0 Å². The Kier molecular flexibility index (Phi) is 9.90. The van der Waals surface area contributed by atoms with Gasteiger partial charge in [-0.1, -0.05) is 37.0 Å². The van der Waals surface area contributed by atoms with Crippen molar-refractivity contribution >= 4 is 62.1 Å². The SMILES string of the molecule is CCC(C(=O)O)C(CC)(SP(=S)(SOC)SOC)C(=O)O. The molecule has 0 rings (SSSR count). The van der Waals surface area contributed by atoms with E-state index >= 15 is 0 Å². The largest absolute Gasteiger partial charge is 0.481 e. The van der Waals surface area contributed by atoms with E-state index < -0.39 is 26.2 Å². The van der Waals surface area contributed by atoms with E-state index in [4.69, 9.17) is 20.2 Å². The van der Waals surface area contributed by atoms with Crippen molar-refractivity contribution in [3.8, 4) is 0 Å². The van der Waals surface area contributed by atoms with E-state index in [1.807, 2.05) is 0 Å². The van der Waals surface area contributed by atoms with Crippen LogP contribution in [0.2, 0.25) is 0 Å². The third-order valence-corrected chi connectivity index (χ3v) is 13.7. The zero-order valence-corrected chi connectivity index (χ0v) is 16.3. The number of rotatable bonds is 11. The third kappa shape index (κ3) is 5.60. The lowest BCUT2D eigenvalue weighted by Gasteiger charge is -2.35. The van der Waals surface area contributed by atoms with Gasteiger partial charge in [0.05, 0.1) is 43.5 Å². The van der Waals surface area contributed by atoms with Crippen molar-refractivity contribution in [2.45, 2.75) is 31.4 Å². The van der Waals surface area contributed by atoms with Gasteiger partial charge >= 0.3 is 11.9 Å². The van der Waals surface area contributed by atoms with Crippen molar-refractivity contribution in [2.24, 2.45) is 5.92 Å². The van der Waals surface area contributed by atoms with E-state index in [0.717, 1.165) is 34.7 Å². The number of carbonyl (C=O) groups is 2. The minimum Gasteiger partial charge on any atom is -0.481 e. The van der Waals surface area contributed by atoms with Gasteiger partial charge < -0.3 is 18.6 Å². The quantitative estimate of drug-likeness (QED) is 0.397. The maximum Gasteiger partial charge on any atom is 0.321 e. The summed E-state index contributed by atoms with van der Waals surface area (Å²) in [5.41, 5.74) is 0. The summed E-state index contributed by atoms with van der Waals surface area (Å²) in [5, 5.41) is 19.0. The Labute approximate surface area is 141 Å². The van der Waals surface area contributed by atoms with Gasteiger partial charge in [0.25, 0.3) is 0 Å². The van der Waals surface area contributed by atoms with Gasteiger partial charge in [0.15, 0.2) is 3.64 Å². The number of aliphatic carboxylic acids is 2. The Bertz CT molecular complexity index is 410. The van der Waals surface area contributed by atoms with Gasteiger partial charge in [0.1, 0.15) is 4.75 Å². The molecule has 11 heteroatoms. The van der Waals surface area contributed by atoms with Crippen LogP contribution in [0.1, 0.15) is 26.7 Å². The predicted octanol–water partition coefficient (Wildman–Crippen LogP) is 3.88. The van der Waals surface area contributed by atoms with Gasteiger partial charge in [-0.3, -0.25) is 9.59 Å². The van der Waals surface area contributed by atoms with Crippen LogP contribution in [0.5, 0.6) is 0 Å². The second-order valence-electron chi connectivity index (χ2n) is 3.87. The standard InChI is InChI=1S/C10H19O6PS4/c1-5-7(8(11)12)10(6-2,9(13)14)19-17(18,20-15-3)21-16-4/h7H,5-6H2,1-4H3,(H,11,12)(H,13,14). The monoisotopic (exact) mass is 394 g/mol. The molecule has 2 atom stereocenters. The molecule has 0 aliphatic rings. The van der Waals surface area contributed by atoms with E-state index in [1.54, 1.807) is 13.8 Å². The van der Waals surface area contributed by atoms with Crippen LogP contribution in [0.3, 0.4) is 0 Å². The average Bonchev–Trinajstić information content (AvgIpc) is 2.37. The van der Waals surface area contributed by atoms with Gasteiger partial charge in [0.2, 0.25) is 0 Å². The van der Waals surface area contributed by atoms with Crippen LogP contribution in [-0.4, -0.2) is 41.1 Å². The van der Waals surface area contributed by atoms with Crippen LogP contribution in [0.15, 0.2) is 0 Å². The van der Waals surface area contributed by atoms with Crippen molar-refractivity contribution in [1.82, 2.24) is 0 Å². The van der Waals surface area contributed by atoms with Crippen LogP contribution in [0.4, 0.5) is 0 Å². The molecule has 2 N–H and O–H groups in total. The first-order valence-corrected chi connectivity index (χ1v) is 12.9. The van der Waals surface area contributed by atoms with Crippen molar-refractivity contribution in [1.29, 1.82) is 0 Å². The Hall–Kier alpha value is 0.560. The fourth-order valence-corrected chi connectivity index (χ4v) is 14.5. The zero-order valence-electron chi connectivity index (χ0n) is 12.1. The van der Waals surface area contributed by atoms with Crippen LogP contribution in [0.25, 0.3) is 0 Å². The molecule has 0 amide bonds. The molecule has 6 nitrogen and oxygen atoms in total. The Morgan fingerprint density at radius 1 is 1.24 bits per heavy atom. The first-order chi connectivity index (χ1) is 9.72. The second kappa shape index (κ2) is 9.64. The zero-order chi connectivity index (χ0) is 16.7. The average molecular weight is 394 g/mol. The highest BCUT2D eigenvalue weighted by atomic mass is 33.5. The van der Waals surface area contributed by atoms with Crippen molar-refractivity contribution in [3.05, 3.63) is 0 Å². The van der Waals surface area contributed by atoms with Gasteiger partial charge in [0, 0.05) is 0 Å². The van der Waals surface area contributed by atoms with E-state index in [0.29, 0.717) is 0 Å². The molecule has 0 aliphatic heterocycles. The summed E-state index contributed by atoms with van der Waals surface area (Å²) in [7, 11) is 2.87. The molecular formula is C10H19O6PS4. The predicted molar refractivity (Wildman–Crippen MR) is 93.2 cm³/mol. The molecule has 0 aromatic rings. The summed E-state index contributed by atoms with van der Waals surface area (Å²) in [5.74, 6) is -3.35. The second-order valence-corrected chi connectivity index (χ2v) is 18.8. The number of hydrogen-bond donors (Lipinski definition) is 2. The molecular weight excluding hydrogens is 375 g/mol. The van der Waals surface area contributed by atoms with Gasteiger partial charge in [-0.05, 0) is 12.8 Å². The summed E-state index contributed by atoms with van der Waals surface area (Å²) in [4.78, 5) is 23.3. The topological polar surface area (TPSA) is 93.1 Å². The first-order valence-electron chi connectivity index (χ1n) is 5.94. The Morgan fingerprint density at radius 2 is 1.71 bits per heavy atom. The molecule has 0 aromatic carbocycles. The minimum absolute atomic E-state index is 0.144. The summed E-state index contributed by atoms with van der Waals surface area (Å²) in [6.07, 6.45) is 0.345. The number of hydrogen-bond acceptors (Lipinski definition) is 8. The van der Waals surface area contributed by atoms with Crippen LogP contribution >= 0.6 is 38.4 Å². The molecule has 0 fully saturated rings. The van der Waals surface area contributed by atoms with Crippen molar-refractivity contribution in [3.63, 3.8) is 0 Å². The summed E-state index contributed by atoms with van der Waals surface area (Å²) >= 11 is 8.41. The highest BCUT2D eigenvalue weighted by molar-refractivity contribution is 9.22.